The van der Waals surface area contributed by atoms with Crippen LogP contribution in [0.3, 0.4) is 0 Å². The van der Waals surface area contributed by atoms with Gasteiger partial charge in [-0.2, -0.15) is 11.3 Å². The number of rotatable bonds is 7. The van der Waals surface area contributed by atoms with Gasteiger partial charge in [0, 0.05) is 18.0 Å². The van der Waals surface area contributed by atoms with E-state index in [1.807, 2.05) is 11.4 Å². The Morgan fingerprint density at radius 1 is 1.21 bits per heavy atom. The summed E-state index contributed by atoms with van der Waals surface area (Å²) in [6.07, 6.45) is 2.05. The topological polar surface area (TPSA) is 18.5 Å². The van der Waals surface area contributed by atoms with Crippen LogP contribution in [0, 0.1) is 0 Å². The van der Waals surface area contributed by atoms with Gasteiger partial charge in [0.05, 0.1) is 0 Å². The highest BCUT2D eigenvalue weighted by Crippen LogP contribution is 2.01. The lowest BCUT2D eigenvalue weighted by Gasteiger charge is -2.11. The third-order valence-electron chi connectivity index (χ3n) is 1.72. The minimum atomic E-state index is -0.158. The lowest BCUT2D eigenvalue weighted by atomic mass is 9.87. The van der Waals surface area contributed by atoms with Crippen molar-refractivity contribution in [3.05, 3.63) is 17.5 Å². The zero-order chi connectivity index (χ0) is 10.2. The predicted octanol–water partition coefficient (Wildman–Crippen LogP) is 2.30. The summed E-state index contributed by atoms with van der Waals surface area (Å²) in [5.41, 5.74) is 0. The van der Waals surface area contributed by atoms with E-state index in [-0.39, 0.29) is 7.12 Å². The van der Waals surface area contributed by atoms with Gasteiger partial charge in [-0.1, -0.05) is 26.0 Å². The molecule has 0 unspecified atom stereocenters. The van der Waals surface area contributed by atoms with E-state index in [0.29, 0.717) is 0 Å². The van der Waals surface area contributed by atoms with Gasteiger partial charge in [-0.15, -0.1) is 0 Å². The Morgan fingerprint density at radius 3 is 2.29 bits per heavy atom. The smallest absolute Gasteiger partial charge is 0.407 e. The Labute approximate surface area is 90.4 Å². The third-order valence-corrected chi connectivity index (χ3v) is 2.62. The first-order chi connectivity index (χ1) is 6.88. The first-order valence-electron chi connectivity index (χ1n) is 5.15. The average Bonchev–Trinajstić information content (AvgIpc) is 2.71. The highest BCUT2D eigenvalue weighted by molar-refractivity contribution is 7.20. The van der Waals surface area contributed by atoms with Gasteiger partial charge >= 0.3 is 7.12 Å². The quantitative estimate of drug-likeness (QED) is 0.645. The van der Waals surface area contributed by atoms with E-state index in [1.54, 1.807) is 11.3 Å². The maximum absolute atomic E-state index is 5.63. The van der Waals surface area contributed by atoms with Crippen molar-refractivity contribution in [1.29, 1.82) is 0 Å². The molecule has 1 rings (SSSR count). The molecule has 14 heavy (non-hydrogen) atoms. The molecule has 0 amide bonds. The Balaban J connectivity index is 2.44. The summed E-state index contributed by atoms with van der Waals surface area (Å²) in [4.78, 5) is 0. The van der Waals surface area contributed by atoms with Crippen LogP contribution in [0.15, 0.2) is 17.5 Å². The summed E-state index contributed by atoms with van der Waals surface area (Å²) < 4.78 is 12.4. The van der Waals surface area contributed by atoms with Gasteiger partial charge in [0.1, 0.15) is 0 Å². The number of hydrogen-bond donors (Lipinski definition) is 0. The lowest BCUT2D eigenvalue weighted by Crippen LogP contribution is -2.35. The molecule has 0 N–H and O–H groups in total. The minimum Gasteiger partial charge on any atom is -0.407 e. The van der Waals surface area contributed by atoms with Crippen LogP contribution in [0.25, 0.3) is 0 Å². The molecule has 0 aromatic carbocycles. The van der Waals surface area contributed by atoms with Crippen LogP contribution in [-0.2, 0) is 9.31 Å². The molecule has 0 atom stereocenters. The summed E-state index contributed by atoms with van der Waals surface area (Å²) in [7, 11) is -0.158. The largest absolute Gasteiger partial charge is 0.504 e. The summed E-state index contributed by atoms with van der Waals surface area (Å²) >= 11 is 1.68. The highest BCUT2D eigenvalue weighted by Gasteiger charge is 2.21. The molecule has 0 bridgehead atoms. The molecule has 1 aromatic rings. The van der Waals surface area contributed by atoms with Crippen molar-refractivity contribution in [3.63, 3.8) is 0 Å². The molecule has 0 saturated heterocycles. The molecule has 0 spiro atoms. The third kappa shape index (κ3) is 3.82. The van der Waals surface area contributed by atoms with Crippen LogP contribution < -0.4 is 4.78 Å². The van der Waals surface area contributed by atoms with E-state index >= 15 is 0 Å². The molecule has 78 valence electrons. The molecule has 0 aliphatic heterocycles. The second-order valence-electron chi connectivity index (χ2n) is 3.09. The molecule has 1 heterocycles. The Bertz CT molecular complexity index is 218. The Kier molecular flexibility index (Phi) is 5.91. The van der Waals surface area contributed by atoms with Crippen LogP contribution in [0.4, 0.5) is 0 Å². The van der Waals surface area contributed by atoms with Crippen molar-refractivity contribution in [2.75, 3.05) is 13.2 Å². The first kappa shape index (κ1) is 11.8. The number of thiophene rings is 1. The molecular weight excluding hydrogens is 195 g/mol. The fraction of sp³-hybridized carbons (Fsp3) is 0.600. The fourth-order valence-electron chi connectivity index (χ4n) is 1.09. The molecular formula is C10H17BO2S. The van der Waals surface area contributed by atoms with Gasteiger partial charge in [-0.05, 0) is 18.2 Å². The standard InChI is InChI=1S/C10H17BO2S/c1-3-7-12-11(13-8-4-2)10-6-5-9-14-10/h5-6,9H,3-4,7-8H2,1-2H3. The zero-order valence-corrected chi connectivity index (χ0v) is 9.68. The van der Waals surface area contributed by atoms with E-state index in [9.17, 15) is 0 Å². The van der Waals surface area contributed by atoms with Gasteiger partial charge in [0.2, 0.25) is 0 Å². The van der Waals surface area contributed by atoms with Crippen LogP contribution in [-0.4, -0.2) is 20.3 Å². The molecule has 0 aliphatic rings. The maximum Gasteiger partial charge on any atom is 0.504 e. The highest BCUT2D eigenvalue weighted by atomic mass is 32.1. The van der Waals surface area contributed by atoms with Crippen molar-refractivity contribution in [1.82, 2.24) is 0 Å². The summed E-state index contributed by atoms with van der Waals surface area (Å²) in [5.74, 6) is 0. The lowest BCUT2D eigenvalue weighted by molar-refractivity contribution is 0.208. The first-order valence-corrected chi connectivity index (χ1v) is 6.03. The average molecular weight is 212 g/mol. The SMILES string of the molecule is CCCOB(OCCC)c1cccs1. The molecule has 0 aliphatic carbocycles. The zero-order valence-electron chi connectivity index (χ0n) is 8.86. The molecule has 0 radical (unpaired) electrons. The second kappa shape index (κ2) is 7.04. The molecule has 4 heteroatoms. The van der Waals surface area contributed by atoms with Gasteiger partial charge in [-0.3, -0.25) is 0 Å². The van der Waals surface area contributed by atoms with Crippen molar-refractivity contribution in [3.8, 4) is 0 Å². The predicted molar refractivity (Wildman–Crippen MR) is 62.2 cm³/mol. The van der Waals surface area contributed by atoms with Crippen molar-refractivity contribution in [2.24, 2.45) is 0 Å². The Hall–Kier alpha value is -0.315. The number of hydrogen-bond acceptors (Lipinski definition) is 3. The van der Waals surface area contributed by atoms with Crippen molar-refractivity contribution < 1.29 is 9.31 Å². The van der Waals surface area contributed by atoms with Gasteiger partial charge in [-0.25, -0.2) is 0 Å². The Morgan fingerprint density at radius 2 is 1.86 bits per heavy atom. The van der Waals surface area contributed by atoms with E-state index in [1.165, 1.54) is 0 Å². The van der Waals surface area contributed by atoms with Crippen molar-refractivity contribution in [2.45, 2.75) is 26.7 Å². The van der Waals surface area contributed by atoms with Crippen LogP contribution in [0.2, 0.25) is 0 Å². The van der Waals surface area contributed by atoms with Gasteiger partial charge in [0.25, 0.3) is 0 Å². The molecule has 2 nitrogen and oxygen atoms in total. The normalized spacial score (nSPS) is 10.4. The minimum absolute atomic E-state index is 0.158. The van der Waals surface area contributed by atoms with E-state index in [0.717, 1.165) is 30.8 Å². The second-order valence-corrected chi connectivity index (χ2v) is 4.07. The van der Waals surface area contributed by atoms with Crippen LogP contribution in [0.1, 0.15) is 26.7 Å². The summed E-state index contributed by atoms with van der Waals surface area (Å²) in [5, 5.41) is 2.05. The maximum atomic E-state index is 5.63. The molecule has 0 saturated carbocycles. The summed E-state index contributed by atoms with van der Waals surface area (Å²) in [6.45, 7) is 5.72. The monoisotopic (exact) mass is 212 g/mol. The molecule has 0 fully saturated rings. The van der Waals surface area contributed by atoms with Gasteiger partial charge < -0.3 is 9.31 Å². The van der Waals surface area contributed by atoms with E-state index in [2.05, 4.69) is 19.9 Å². The van der Waals surface area contributed by atoms with Crippen molar-refractivity contribution >= 4 is 23.2 Å². The van der Waals surface area contributed by atoms with Crippen LogP contribution in [0.5, 0.6) is 0 Å². The van der Waals surface area contributed by atoms with E-state index in [4.69, 9.17) is 9.31 Å². The van der Waals surface area contributed by atoms with Gasteiger partial charge in [0.15, 0.2) is 0 Å². The fourth-order valence-corrected chi connectivity index (χ4v) is 1.81. The molecule has 1 aromatic heterocycles. The summed E-state index contributed by atoms with van der Waals surface area (Å²) in [6, 6.07) is 4.08. The van der Waals surface area contributed by atoms with E-state index < -0.39 is 0 Å². The van der Waals surface area contributed by atoms with Crippen LogP contribution >= 0.6 is 11.3 Å².